The molecule has 122 valence electrons. The Balaban J connectivity index is 1.94. The third-order valence-corrected chi connectivity index (χ3v) is 4.32. The number of fused-ring (bicyclic) bond motifs is 3. The fraction of sp³-hybridized carbons (Fsp3) is 0.444. The van der Waals surface area contributed by atoms with Crippen molar-refractivity contribution in [2.45, 2.75) is 33.1 Å². The molecule has 0 bridgehead atoms. The number of carbonyl (C=O) groups excluding carboxylic acids is 2. The Morgan fingerprint density at radius 3 is 2.74 bits per heavy atom. The molecule has 2 aromatic rings. The maximum atomic E-state index is 12.0. The number of hydrogen-bond donors (Lipinski definition) is 1. The summed E-state index contributed by atoms with van der Waals surface area (Å²) < 4.78 is 10.2. The van der Waals surface area contributed by atoms with Gasteiger partial charge in [0.15, 0.2) is 0 Å². The fourth-order valence-corrected chi connectivity index (χ4v) is 3.22. The molecule has 1 atom stereocenters. The van der Waals surface area contributed by atoms with Gasteiger partial charge in [0, 0.05) is 16.6 Å². The quantitative estimate of drug-likeness (QED) is 0.881. The molecule has 0 aliphatic heterocycles. The number of rotatable bonds is 4. The van der Waals surface area contributed by atoms with Gasteiger partial charge in [-0.05, 0) is 56.9 Å². The summed E-state index contributed by atoms with van der Waals surface area (Å²) in [6, 6.07) is 5.53. The summed E-state index contributed by atoms with van der Waals surface area (Å²) in [5.41, 5.74) is 3.81. The van der Waals surface area contributed by atoms with Crippen LogP contribution in [0.15, 0.2) is 18.2 Å². The van der Waals surface area contributed by atoms with E-state index in [1.807, 2.05) is 19.1 Å². The zero-order valence-corrected chi connectivity index (χ0v) is 13.5. The molecule has 5 heteroatoms. The maximum absolute atomic E-state index is 12.0. The molecule has 1 aliphatic rings. The van der Waals surface area contributed by atoms with Gasteiger partial charge in [0.05, 0.1) is 24.7 Å². The normalized spacial score (nSPS) is 16.9. The molecule has 1 heterocycles. The maximum Gasteiger partial charge on any atom is 0.338 e. The molecule has 0 amide bonds. The SMILES string of the molecule is CCOC(=O)c1ccc2[nH]c3c(c2c1)CC(C(=O)OCC)CC3. The first-order chi connectivity index (χ1) is 11.1. The number of carbonyl (C=O) groups is 2. The average molecular weight is 315 g/mol. The van der Waals surface area contributed by atoms with E-state index in [1.54, 1.807) is 13.0 Å². The summed E-state index contributed by atoms with van der Waals surface area (Å²) >= 11 is 0. The van der Waals surface area contributed by atoms with Crippen LogP contribution < -0.4 is 0 Å². The summed E-state index contributed by atoms with van der Waals surface area (Å²) in [6.45, 7) is 4.37. The molecule has 23 heavy (non-hydrogen) atoms. The Labute approximate surface area is 135 Å². The van der Waals surface area contributed by atoms with E-state index in [1.165, 1.54) is 0 Å². The number of aromatic nitrogens is 1. The van der Waals surface area contributed by atoms with Gasteiger partial charge in [-0.3, -0.25) is 4.79 Å². The molecular formula is C18H21NO4. The second-order valence-corrected chi connectivity index (χ2v) is 5.75. The van der Waals surface area contributed by atoms with E-state index < -0.39 is 0 Å². The molecule has 1 aromatic heterocycles. The van der Waals surface area contributed by atoms with Crippen molar-refractivity contribution in [3.05, 3.63) is 35.0 Å². The van der Waals surface area contributed by atoms with Gasteiger partial charge in [-0.25, -0.2) is 4.79 Å². The predicted molar refractivity (Wildman–Crippen MR) is 86.4 cm³/mol. The van der Waals surface area contributed by atoms with E-state index in [0.717, 1.165) is 35.0 Å². The zero-order chi connectivity index (χ0) is 16.4. The molecule has 0 saturated carbocycles. The summed E-state index contributed by atoms with van der Waals surface area (Å²) in [4.78, 5) is 27.4. The van der Waals surface area contributed by atoms with Crippen LogP contribution in [0.3, 0.4) is 0 Å². The largest absolute Gasteiger partial charge is 0.466 e. The topological polar surface area (TPSA) is 68.4 Å². The average Bonchev–Trinajstić information content (AvgIpc) is 2.92. The highest BCUT2D eigenvalue weighted by Crippen LogP contribution is 2.33. The van der Waals surface area contributed by atoms with Crippen LogP contribution in [0.1, 0.15) is 41.9 Å². The standard InChI is InChI=1S/C18H21NO4/c1-3-22-17(20)11-5-7-15-13(9-11)14-10-12(18(21)23-4-2)6-8-16(14)19-15/h5,7,9,12,19H,3-4,6,8,10H2,1-2H3. The van der Waals surface area contributed by atoms with Crippen LogP contribution in [0.2, 0.25) is 0 Å². The molecule has 5 nitrogen and oxygen atoms in total. The van der Waals surface area contributed by atoms with E-state index in [2.05, 4.69) is 4.98 Å². The van der Waals surface area contributed by atoms with E-state index in [4.69, 9.17) is 9.47 Å². The van der Waals surface area contributed by atoms with Gasteiger partial charge >= 0.3 is 11.9 Å². The van der Waals surface area contributed by atoms with Crippen LogP contribution in [-0.2, 0) is 27.1 Å². The molecule has 1 aliphatic carbocycles. The van der Waals surface area contributed by atoms with Crippen molar-refractivity contribution in [3.8, 4) is 0 Å². The lowest BCUT2D eigenvalue weighted by molar-refractivity contribution is -0.148. The number of esters is 2. The molecule has 1 aromatic carbocycles. The number of nitrogens with one attached hydrogen (secondary N) is 1. The lowest BCUT2D eigenvalue weighted by atomic mass is 9.86. The first kappa shape index (κ1) is 15.6. The fourth-order valence-electron chi connectivity index (χ4n) is 3.22. The lowest BCUT2D eigenvalue weighted by Crippen LogP contribution is -2.24. The second kappa shape index (κ2) is 6.44. The zero-order valence-electron chi connectivity index (χ0n) is 13.5. The minimum atomic E-state index is -0.317. The van der Waals surface area contributed by atoms with Gasteiger partial charge < -0.3 is 14.5 Å². The van der Waals surface area contributed by atoms with Gasteiger partial charge in [-0.15, -0.1) is 0 Å². The van der Waals surface area contributed by atoms with Gasteiger partial charge in [0.2, 0.25) is 0 Å². The number of aryl methyl sites for hydroxylation is 1. The Morgan fingerprint density at radius 2 is 2.00 bits per heavy atom. The van der Waals surface area contributed by atoms with Crippen molar-refractivity contribution in [3.63, 3.8) is 0 Å². The number of aromatic amines is 1. The summed E-state index contributed by atoms with van der Waals surface area (Å²) in [5.74, 6) is -0.552. The van der Waals surface area contributed by atoms with E-state index in [0.29, 0.717) is 25.2 Å². The van der Waals surface area contributed by atoms with E-state index in [-0.39, 0.29) is 17.9 Å². The lowest BCUT2D eigenvalue weighted by Gasteiger charge is -2.20. The minimum absolute atomic E-state index is 0.104. The highest BCUT2D eigenvalue weighted by atomic mass is 16.5. The van der Waals surface area contributed by atoms with Crippen LogP contribution in [0.25, 0.3) is 10.9 Å². The number of hydrogen-bond acceptors (Lipinski definition) is 4. The van der Waals surface area contributed by atoms with E-state index >= 15 is 0 Å². The van der Waals surface area contributed by atoms with E-state index in [9.17, 15) is 9.59 Å². The van der Waals surface area contributed by atoms with Crippen LogP contribution in [0.5, 0.6) is 0 Å². The predicted octanol–water partition coefficient (Wildman–Crippen LogP) is 3.01. The third kappa shape index (κ3) is 2.96. The first-order valence-electron chi connectivity index (χ1n) is 8.11. The summed E-state index contributed by atoms with van der Waals surface area (Å²) in [7, 11) is 0. The van der Waals surface area contributed by atoms with Crippen molar-refractivity contribution >= 4 is 22.8 Å². The molecule has 0 fully saturated rings. The number of ether oxygens (including phenoxy) is 2. The van der Waals surface area contributed by atoms with Gasteiger partial charge in [0.25, 0.3) is 0 Å². The minimum Gasteiger partial charge on any atom is -0.466 e. The highest BCUT2D eigenvalue weighted by Gasteiger charge is 2.28. The molecule has 1 N–H and O–H groups in total. The Kier molecular flexibility index (Phi) is 4.37. The van der Waals surface area contributed by atoms with Crippen LogP contribution in [-0.4, -0.2) is 30.1 Å². The van der Waals surface area contributed by atoms with Crippen molar-refractivity contribution in [1.82, 2.24) is 4.98 Å². The van der Waals surface area contributed by atoms with Gasteiger partial charge in [-0.1, -0.05) is 0 Å². The molecular weight excluding hydrogens is 294 g/mol. The Morgan fingerprint density at radius 1 is 1.22 bits per heavy atom. The van der Waals surface area contributed by atoms with Crippen molar-refractivity contribution in [2.75, 3.05) is 13.2 Å². The smallest absolute Gasteiger partial charge is 0.338 e. The van der Waals surface area contributed by atoms with Gasteiger partial charge in [-0.2, -0.15) is 0 Å². The molecule has 1 unspecified atom stereocenters. The molecule has 0 radical (unpaired) electrons. The van der Waals surface area contributed by atoms with Crippen LogP contribution >= 0.6 is 0 Å². The van der Waals surface area contributed by atoms with Crippen LogP contribution in [0, 0.1) is 5.92 Å². The first-order valence-corrected chi connectivity index (χ1v) is 8.11. The van der Waals surface area contributed by atoms with Crippen molar-refractivity contribution < 1.29 is 19.1 Å². The second-order valence-electron chi connectivity index (χ2n) is 5.75. The monoisotopic (exact) mass is 315 g/mol. The van der Waals surface area contributed by atoms with Crippen molar-refractivity contribution in [1.29, 1.82) is 0 Å². The Hall–Kier alpha value is -2.30. The summed E-state index contributed by atoms with van der Waals surface area (Å²) in [6.07, 6.45) is 2.27. The molecule has 0 spiro atoms. The van der Waals surface area contributed by atoms with Crippen molar-refractivity contribution in [2.24, 2.45) is 5.92 Å². The van der Waals surface area contributed by atoms with Crippen LogP contribution in [0.4, 0.5) is 0 Å². The van der Waals surface area contributed by atoms with Gasteiger partial charge in [0.1, 0.15) is 0 Å². The third-order valence-electron chi connectivity index (χ3n) is 4.32. The molecule has 3 rings (SSSR count). The molecule has 0 saturated heterocycles. The Bertz CT molecular complexity index is 747. The number of benzene rings is 1. The summed E-state index contributed by atoms with van der Waals surface area (Å²) in [5, 5.41) is 1.000. The highest BCUT2D eigenvalue weighted by molar-refractivity contribution is 5.96. The number of H-pyrrole nitrogens is 1.